The van der Waals surface area contributed by atoms with Crippen LogP contribution in [0.15, 0.2) is 30.3 Å². The normalized spacial score (nSPS) is 30.9. The molecule has 0 bridgehead atoms. The van der Waals surface area contributed by atoms with E-state index in [1.165, 1.54) is 29.3 Å². The Morgan fingerprint density at radius 1 is 1.26 bits per heavy atom. The average molecular weight is 527 g/mol. The van der Waals surface area contributed by atoms with Crippen LogP contribution >= 0.6 is 23.5 Å². The van der Waals surface area contributed by atoms with Crippen LogP contribution in [0.2, 0.25) is 0 Å². The van der Waals surface area contributed by atoms with Crippen LogP contribution < -0.4 is 0 Å². The molecule has 0 aliphatic carbocycles. The van der Waals surface area contributed by atoms with Crippen LogP contribution in [-0.4, -0.2) is 77.3 Å². The molecule has 1 aromatic rings. The summed E-state index contributed by atoms with van der Waals surface area (Å²) >= 11 is 2.96. The Hall–Kier alpha value is -1.30. The highest BCUT2D eigenvalue weighted by atomic mass is 32.2. The number of rotatable bonds is 6. The number of amides is 1. The number of carbonyl (C=O) groups excluding carboxylic acids is 1. The SMILES string of the molecule is COC1(C)O[C@H]2C(C[C@@H](SC(=N)N(C)C(=O)OC(C)(C)C)OC2CSCc2ccccc2)OC1C. The zero-order valence-electron chi connectivity index (χ0n) is 21.6. The number of amidine groups is 1. The molecule has 8 nitrogen and oxygen atoms in total. The van der Waals surface area contributed by atoms with Gasteiger partial charge in [0.1, 0.15) is 23.2 Å². The average Bonchev–Trinajstić information content (AvgIpc) is 2.79. The molecule has 1 amide bonds. The van der Waals surface area contributed by atoms with Gasteiger partial charge in [0, 0.05) is 32.1 Å². The number of fused-ring (bicyclic) bond motifs is 1. The van der Waals surface area contributed by atoms with E-state index in [-0.39, 0.29) is 35.0 Å². The van der Waals surface area contributed by atoms with E-state index in [0.29, 0.717) is 12.2 Å². The van der Waals surface area contributed by atoms with Crippen LogP contribution in [0, 0.1) is 5.41 Å². The van der Waals surface area contributed by atoms with Gasteiger partial charge in [-0.3, -0.25) is 10.3 Å². The third-order valence-corrected chi connectivity index (χ3v) is 8.15. The summed E-state index contributed by atoms with van der Waals surface area (Å²) in [6, 6.07) is 10.3. The highest BCUT2D eigenvalue weighted by Gasteiger charge is 2.51. The van der Waals surface area contributed by atoms with E-state index in [2.05, 4.69) is 12.1 Å². The summed E-state index contributed by atoms with van der Waals surface area (Å²) in [5, 5.41) is 8.52. The minimum absolute atomic E-state index is 0.0601. The van der Waals surface area contributed by atoms with Crippen molar-refractivity contribution in [2.45, 2.75) is 88.0 Å². The lowest BCUT2D eigenvalue weighted by Crippen LogP contribution is -2.63. The number of thioether (sulfide) groups is 2. The van der Waals surface area contributed by atoms with Crippen LogP contribution in [0.5, 0.6) is 0 Å². The lowest BCUT2D eigenvalue weighted by molar-refractivity contribution is -0.370. The third kappa shape index (κ3) is 7.60. The maximum atomic E-state index is 12.4. The minimum Gasteiger partial charge on any atom is -0.443 e. The number of ether oxygens (including phenoxy) is 5. The Bertz CT molecular complexity index is 867. The molecule has 0 radical (unpaired) electrons. The predicted molar refractivity (Wildman–Crippen MR) is 140 cm³/mol. The first-order valence-corrected chi connectivity index (χ1v) is 13.8. The summed E-state index contributed by atoms with van der Waals surface area (Å²) in [4.78, 5) is 13.6. The first kappa shape index (κ1) is 28.3. The molecule has 2 aliphatic heterocycles. The molecule has 196 valence electrons. The van der Waals surface area contributed by atoms with Crippen molar-refractivity contribution in [1.82, 2.24) is 4.90 Å². The molecule has 35 heavy (non-hydrogen) atoms. The Kier molecular flexibility index (Phi) is 9.56. The first-order valence-electron chi connectivity index (χ1n) is 11.8. The van der Waals surface area contributed by atoms with Crippen molar-refractivity contribution >= 4 is 34.8 Å². The van der Waals surface area contributed by atoms with Crippen LogP contribution in [0.1, 0.15) is 46.6 Å². The molecule has 0 spiro atoms. The molecule has 4 unspecified atom stereocenters. The molecule has 2 aliphatic rings. The molecule has 2 saturated heterocycles. The van der Waals surface area contributed by atoms with Gasteiger partial charge < -0.3 is 23.7 Å². The molecule has 10 heteroatoms. The summed E-state index contributed by atoms with van der Waals surface area (Å²) in [7, 11) is 3.16. The van der Waals surface area contributed by atoms with E-state index in [1.807, 2.05) is 32.0 Å². The fourth-order valence-electron chi connectivity index (χ4n) is 3.84. The number of benzene rings is 1. The van der Waals surface area contributed by atoms with E-state index in [0.717, 1.165) is 5.75 Å². The highest BCUT2D eigenvalue weighted by molar-refractivity contribution is 8.14. The largest absolute Gasteiger partial charge is 0.443 e. The van der Waals surface area contributed by atoms with Gasteiger partial charge >= 0.3 is 6.09 Å². The summed E-state index contributed by atoms with van der Waals surface area (Å²) in [6.07, 6.45) is -1.07. The fourth-order valence-corrected chi connectivity index (χ4v) is 5.85. The predicted octanol–water partition coefficient (Wildman–Crippen LogP) is 5.10. The van der Waals surface area contributed by atoms with Crippen LogP contribution in [-0.2, 0) is 29.4 Å². The topological polar surface area (TPSA) is 90.3 Å². The summed E-state index contributed by atoms with van der Waals surface area (Å²) in [5.41, 5.74) is 0.245. The van der Waals surface area contributed by atoms with Crippen molar-refractivity contribution in [3.05, 3.63) is 35.9 Å². The van der Waals surface area contributed by atoms with Gasteiger partial charge in [-0.2, -0.15) is 11.8 Å². The van der Waals surface area contributed by atoms with Crippen molar-refractivity contribution in [2.75, 3.05) is 19.9 Å². The van der Waals surface area contributed by atoms with E-state index in [4.69, 9.17) is 29.1 Å². The van der Waals surface area contributed by atoms with Gasteiger partial charge in [-0.05, 0) is 40.2 Å². The summed E-state index contributed by atoms with van der Waals surface area (Å²) in [5.74, 6) is 0.683. The lowest BCUT2D eigenvalue weighted by Gasteiger charge is -2.51. The van der Waals surface area contributed by atoms with Gasteiger partial charge in [-0.15, -0.1) is 0 Å². The van der Waals surface area contributed by atoms with E-state index in [1.54, 1.807) is 39.6 Å². The van der Waals surface area contributed by atoms with Crippen molar-refractivity contribution in [3.8, 4) is 0 Å². The van der Waals surface area contributed by atoms with Crippen molar-refractivity contribution in [2.24, 2.45) is 0 Å². The quantitative estimate of drug-likeness (QED) is 0.404. The summed E-state index contributed by atoms with van der Waals surface area (Å²) in [6.45, 7) is 9.22. The second-order valence-electron chi connectivity index (χ2n) is 9.92. The van der Waals surface area contributed by atoms with Crippen LogP contribution in [0.3, 0.4) is 0 Å². The minimum atomic E-state index is -0.865. The number of hydrogen-bond donors (Lipinski definition) is 1. The van der Waals surface area contributed by atoms with Gasteiger partial charge in [0.2, 0.25) is 0 Å². The molecule has 3 rings (SSSR count). The van der Waals surface area contributed by atoms with E-state index < -0.39 is 17.5 Å². The van der Waals surface area contributed by atoms with Crippen molar-refractivity contribution < 1.29 is 28.5 Å². The Morgan fingerprint density at radius 2 is 1.94 bits per heavy atom. The molecule has 0 saturated carbocycles. The molecule has 0 aromatic heterocycles. The number of nitrogens with one attached hydrogen (secondary N) is 1. The van der Waals surface area contributed by atoms with Gasteiger partial charge in [0.05, 0.1) is 12.2 Å². The van der Waals surface area contributed by atoms with Gasteiger partial charge in [-0.1, -0.05) is 42.1 Å². The van der Waals surface area contributed by atoms with Crippen LogP contribution in [0.25, 0.3) is 0 Å². The van der Waals surface area contributed by atoms with E-state index >= 15 is 0 Å². The monoisotopic (exact) mass is 526 g/mol. The fraction of sp³-hybridized carbons (Fsp3) is 0.680. The van der Waals surface area contributed by atoms with Crippen LogP contribution in [0.4, 0.5) is 4.79 Å². The highest BCUT2D eigenvalue weighted by Crippen LogP contribution is 2.40. The maximum absolute atomic E-state index is 12.4. The Labute approximate surface area is 217 Å². The molecule has 2 heterocycles. The maximum Gasteiger partial charge on any atom is 0.416 e. The molecule has 6 atom stereocenters. The van der Waals surface area contributed by atoms with Crippen molar-refractivity contribution in [3.63, 3.8) is 0 Å². The summed E-state index contributed by atoms with van der Waals surface area (Å²) < 4.78 is 30.2. The second kappa shape index (κ2) is 11.8. The molecular weight excluding hydrogens is 488 g/mol. The molecule has 1 aromatic carbocycles. The first-order chi connectivity index (χ1) is 16.4. The molecule has 1 N–H and O–H groups in total. The molecular formula is C25H38N2O6S2. The standard InChI is InChI=1S/C25H38N2O6S2/c1-16-25(5,29-7)32-21-18(30-16)13-20(35-22(26)27(6)23(28)33-24(2,3)4)31-19(21)15-34-14-17-11-9-8-10-12-17/h8-12,16,18-21,26H,13-15H2,1-7H3/t16?,18?,19?,20-,21+,25?/m1/s1. The van der Waals surface area contributed by atoms with Crippen molar-refractivity contribution in [1.29, 1.82) is 5.41 Å². The number of methoxy groups -OCH3 is 1. The number of hydrogen-bond acceptors (Lipinski definition) is 9. The van der Waals surface area contributed by atoms with Gasteiger partial charge in [0.15, 0.2) is 11.0 Å². The third-order valence-electron chi connectivity index (χ3n) is 5.99. The van der Waals surface area contributed by atoms with Gasteiger partial charge in [-0.25, -0.2) is 4.79 Å². The zero-order valence-corrected chi connectivity index (χ0v) is 23.2. The second-order valence-corrected chi connectivity index (χ2v) is 12.1. The number of carbonyl (C=O) groups is 1. The Balaban J connectivity index is 1.68. The smallest absolute Gasteiger partial charge is 0.416 e. The van der Waals surface area contributed by atoms with Gasteiger partial charge in [0.25, 0.3) is 0 Å². The number of nitrogens with zero attached hydrogens (tertiary/aromatic N) is 1. The molecule has 2 fully saturated rings. The zero-order chi connectivity index (χ0) is 25.8. The van der Waals surface area contributed by atoms with E-state index in [9.17, 15) is 4.79 Å². The Morgan fingerprint density at radius 3 is 2.57 bits per heavy atom. The lowest BCUT2D eigenvalue weighted by atomic mass is 9.98.